The molecular weight excluding hydrogens is 236 g/mol. The molecule has 0 aromatic heterocycles. The highest BCUT2D eigenvalue weighted by Crippen LogP contribution is 2.20. The first kappa shape index (κ1) is 12.0. The van der Waals surface area contributed by atoms with Crippen LogP contribution in [-0.2, 0) is 0 Å². The molecule has 0 spiro atoms. The van der Waals surface area contributed by atoms with E-state index < -0.39 is 0 Å². The highest BCUT2D eigenvalue weighted by molar-refractivity contribution is 6.30. The standard InChI is InChI=1S/C12H17ClN4/c1-15-12(14)17-7-5-16(6-8-17)11-4-2-3-10(13)9-11/h2-4,9H,5-8H2,1H3,(H2,14,15). The Hall–Kier alpha value is -1.42. The molecule has 17 heavy (non-hydrogen) atoms. The lowest BCUT2D eigenvalue weighted by Gasteiger charge is -2.36. The third-order valence-corrected chi connectivity index (χ3v) is 3.24. The summed E-state index contributed by atoms with van der Waals surface area (Å²) in [5, 5.41) is 0.777. The number of anilines is 1. The van der Waals surface area contributed by atoms with Crippen molar-refractivity contribution in [2.45, 2.75) is 0 Å². The fourth-order valence-electron chi connectivity index (χ4n) is 2.01. The number of aliphatic imine (C=N–C) groups is 1. The van der Waals surface area contributed by atoms with Crippen molar-refractivity contribution in [3.63, 3.8) is 0 Å². The van der Waals surface area contributed by atoms with E-state index in [0.29, 0.717) is 5.96 Å². The maximum atomic E-state index is 5.99. The Kier molecular flexibility index (Phi) is 3.74. The minimum atomic E-state index is 0.621. The normalized spacial score (nSPS) is 17.4. The third-order valence-electron chi connectivity index (χ3n) is 3.01. The van der Waals surface area contributed by atoms with Gasteiger partial charge in [-0.2, -0.15) is 0 Å². The summed E-state index contributed by atoms with van der Waals surface area (Å²) in [6.45, 7) is 3.68. The van der Waals surface area contributed by atoms with Gasteiger partial charge in [-0.1, -0.05) is 17.7 Å². The van der Waals surface area contributed by atoms with Gasteiger partial charge in [-0.05, 0) is 18.2 Å². The van der Waals surface area contributed by atoms with Crippen LogP contribution in [0, 0.1) is 0 Å². The first-order valence-corrected chi connectivity index (χ1v) is 6.06. The fraction of sp³-hybridized carbons (Fsp3) is 0.417. The monoisotopic (exact) mass is 252 g/mol. The highest BCUT2D eigenvalue weighted by Gasteiger charge is 2.18. The zero-order valence-corrected chi connectivity index (χ0v) is 10.7. The van der Waals surface area contributed by atoms with E-state index in [0.717, 1.165) is 31.2 Å². The molecule has 1 aliphatic heterocycles. The lowest BCUT2D eigenvalue weighted by atomic mass is 10.2. The summed E-state index contributed by atoms with van der Waals surface area (Å²) in [4.78, 5) is 8.41. The number of nitrogens with zero attached hydrogens (tertiary/aromatic N) is 3. The number of hydrogen-bond acceptors (Lipinski definition) is 2. The molecule has 4 nitrogen and oxygen atoms in total. The quantitative estimate of drug-likeness (QED) is 0.607. The zero-order valence-electron chi connectivity index (χ0n) is 9.93. The average Bonchev–Trinajstić information content (AvgIpc) is 2.38. The van der Waals surface area contributed by atoms with Crippen LogP contribution in [0.25, 0.3) is 0 Å². The summed E-state index contributed by atoms with van der Waals surface area (Å²) >= 11 is 5.99. The maximum absolute atomic E-state index is 5.99. The van der Waals surface area contributed by atoms with Crippen molar-refractivity contribution < 1.29 is 0 Å². The van der Waals surface area contributed by atoms with Crippen molar-refractivity contribution in [2.75, 3.05) is 38.1 Å². The summed E-state index contributed by atoms with van der Waals surface area (Å²) in [5.74, 6) is 0.621. The first-order chi connectivity index (χ1) is 8.20. The van der Waals surface area contributed by atoms with Crippen molar-refractivity contribution in [1.82, 2.24) is 4.90 Å². The number of halogens is 1. The van der Waals surface area contributed by atoms with Crippen LogP contribution in [0.15, 0.2) is 29.3 Å². The van der Waals surface area contributed by atoms with Crippen LogP contribution in [0.3, 0.4) is 0 Å². The molecule has 1 saturated heterocycles. The fourth-order valence-corrected chi connectivity index (χ4v) is 2.19. The predicted octanol–water partition coefficient (Wildman–Crippen LogP) is 1.41. The van der Waals surface area contributed by atoms with Gasteiger partial charge in [0.25, 0.3) is 0 Å². The maximum Gasteiger partial charge on any atom is 0.191 e. The SMILES string of the molecule is CN=C(N)N1CCN(c2cccc(Cl)c2)CC1. The van der Waals surface area contributed by atoms with Crippen molar-refractivity contribution >= 4 is 23.2 Å². The summed E-state index contributed by atoms with van der Waals surface area (Å²) in [6.07, 6.45) is 0. The van der Waals surface area contributed by atoms with E-state index in [1.54, 1.807) is 7.05 Å². The number of guanidine groups is 1. The lowest BCUT2D eigenvalue weighted by Crippen LogP contribution is -2.51. The summed E-state index contributed by atoms with van der Waals surface area (Å²) in [7, 11) is 1.72. The second-order valence-electron chi connectivity index (χ2n) is 4.04. The van der Waals surface area contributed by atoms with Crippen molar-refractivity contribution in [3.05, 3.63) is 29.3 Å². The van der Waals surface area contributed by atoms with E-state index in [1.165, 1.54) is 5.69 Å². The summed E-state index contributed by atoms with van der Waals surface area (Å²) in [5.41, 5.74) is 6.96. The van der Waals surface area contributed by atoms with Crippen LogP contribution in [-0.4, -0.2) is 44.1 Å². The minimum absolute atomic E-state index is 0.621. The van der Waals surface area contributed by atoms with Gasteiger partial charge in [0, 0.05) is 43.9 Å². The highest BCUT2D eigenvalue weighted by atomic mass is 35.5. The van der Waals surface area contributed by atoms with E-state index in [-0.39, 0.29) is 0 Å². The van der Waals surface area contributed by atoms with Gasteiger partial charge in [0.1, 0.15) is 0 Å². The Morgan fingerprint density at radius 1 is 1.29 bits per heavy atom. The number of nitrogens with two attached hydrogens (primary N) is 1. The third kappa shape index (κ3) is 2.82. The molecule has 0 aliphatic carbocycles. The van der Waals surface area contributed by atoms with E-state index in [1.807, 2.05) is 18.2 Å². The van der Waals surface area contributed by atoms with Gasteiger partial charge in [0.15, 0.2) is 5.96 Å². The van der Waals surface area contributed by atoms with Gasteiger partial charge >= 0.3 is 0 Å². The average molecular weight is 253 g/mol. The van der Waals surface area contributed by atoms with Crippen LogP contribution >= 0.6 is 11.6 Å². The van der Waals surface area contributed by atoms with Gasteiger partial charge in [0.2, 0.25) is 0 Å². The molecular formula is C12H17ClN4. The molecule has 2 rings (SSSR count). The van der Waals surface area contributed by atoms with Gasteiger partial charge in [-0.3, -0.25) is 4.99 Å². The molecule has 1 heterocycles. The molecule has 0 saturated carbocycles. The molecule has 0 radical (unpaired) electrons. The Morgan fingerprint density at radius 2 is 2.00 bits per heavy atom. The molecule has 92 valence electrons. The van der Waals surface area contributed by atoms with Crippen molar-refractivity contribution in [2.24, 2.45) is 10.7 Å². The summed E-state index contributed by atoms with van der Waals surface area (Å²) < 4.78 is 0. The predicted molar refractivity (Wildman–Crippen MR) is 72.8 cm³/mol. The van der Waals surface area contributed by atoms with Crippen LogP contribution in [0.1, 0.15) is 0 Å². The van der Waals surface area contributed by atoms with E-state index in [4.69, 9.17) is 17.3 Å². The topological polar surface area (TPSA) is 44.9 Å². The van der Waals surface area contributed by atoms with E-state index in [9.17, 15) is 0 Å². The van der Waals surface area contributed by atoms with E-state index >= 15 is 0 Å². The Morgan fingerprint density at radius 3 is 2.59 bits per heavy atom. The van der Waals surface area contributed by atoms with Crippen molar-refractivity contribution in [3.8, 4) is 0 Å². The number of piperazine rings is 1. The number of hydrogen-bond donors (Lipinski definition) is 1. The second-order valence-corrected chi connectivity index (χ2v) is 4.47. The largest absolute Gasteiger partial charge is 0.370 e. The molecule has 0 amide bonds. The van der Waals surface area contributed by atoms with Crippen LogP contribution in [0.4, 0.5) is 5.69 Å². The Labute approximate surface area is 107 Å². The molecule has 1 fully saturated rings. The van der Waals surface area contributed by atoms with Crippen LogP contribution < -0.4 is 10.6 Å². The molecule has 2 N–H and O–H groups in total. The van der Waals surface area contributed by atoms with Gasteiger partial charge in [0.05, 0.1) is 0 Å². The van der Waals surface area contributed by atoms with E-state index in [2.05, 4.69) is 20.9 Å². The molecule has 1 aliphatic rings. The molecule has 5 heteroatoms. The van der Waals surface area contributed by atoms with Gasteiger partial charge in [-0.25, -0.2) is 0 Å². The smallest absolute Gasteiger partial charge is 0.191 e. The number of rotatable bonds is 1. The molecule has 0 unspecified atom stereocenters. The lowest BCUT2D eigenvalue weighted by molar-refractivity contribution is 0.381. The Bertz CT molecular complexity index is 411. The zero-order chi connectivity index (χ0) is 12.3. The molecule has 0 bridgehead atoms. The van der Waals surface area contributed by atoms with Gasteiger partial charge in [-0.15, -0.1) is 0 Å². The number of benzene rings is 1. The van der Waals surface area contributed by atoms with Crippen molar-refractivity contribution in [1.29, 1.82) is 0 Å². The molecule has 1 aromatic rings. The van der Waals surface area contributed by atoms with Crippen LogP contribution in [0.2, 0.25) is 5.02 Å². The first-order valence-electron chi connectivity index (χ1n) is 5.68. The van der Waals surface area contributed by atoms with Crippen LogP contribution in [0.5, 0.6) is 0 Å². The Balaban J connectivity index is 2.00. The van der Waals surface area contributed by atoms with Gasteiger partial charge < -0.3 is 15.5 Å². The minimum Gasteiger partial charge on any atom is -0.370 e. The summed E-state index contributed by atoms with van der Waals surface area (Å²) in [6, 6.07) is 7.95. The second kappa shape index (κ2) is 5.27. The molecule has 0 atom stereocenters. The molecule has 1 aromatic carbocycles.